The molecule has 0 atom stereocenters. The summed E-state index contributed by atoms with van der Waals surface area (Å²) in [5.74, 6) is 0.115. The molecule has 0 aliphatic heterocycles. The average Bonchev–Trinajstić information content (AvgIpc) is 2.83. The lowest BCUT2D eigenvalue weighted by atomic mass is 10.1. The first-order valence-electron chi connectivity index (χ1n) is 6.94. The Morgan fingerprint density at radius 1 is 1.33 bits per heavy atom. The molecule has 1 aromatic heterocycles. The molecule has 5 heteroatoms. The van der Waals surface area contributed by atoms with Gasteiger partial charge in [-0.2, -0.15) is 0 Å². The Kier molecular flexibility index (Phi) is 5.70. The molecule has 0 aliphatic carbocycles. The van der Waals surface area contributed by atoms with Crippen LogP contribution in [0.1, 0.15) is 28.6 Å². The summed E-state index contributed by atoms with van der Waals surface area (Å²) in [6.45, 7) is 2.69. The van der Waals surface area contributed by atoms with Crippen molar-refractivity contribution < 1.29 is 4.79 Å². The van der Waals surface area contributed by atoms with Gasteiger partial charge in [0.1, 0.15) is 5.00 Å². The van der Waals surface area contributed by atoms with Crippen LogP contribution in [0.4, 0.5) is 10.7 Å². The lowest BCUT2D eigenvalue weighted by Crippen LogP contribution is -2.04. The predicted octanol–water partition coefficient (Wildman–Crippen LogP) is 4.30. The summed E-state index contributed by atoms with van der Waals surface area (Å²) < 4.78 is 0. The summed E-state index contributed by atoms with van der Waals surface area (Å²) >= 11 is 3.06. The number of thiophene rings is 1. The Morgan fingerprint density at radius 3 is 2.67 bits per heavy atom. The minimum atomic E-state index is 0.115. The van der Waals surface area contributed by atoms with E-state index in [0.717, 1.165) is 22.9 Å². The van der Waals surface area contributed by atoms with Gasteiger partial charge < -0.3 is 11.1 Å². The topological polar surface area (TPSA) is 55.1 Å². The van der Waals surface area contributed by atoms with Crippen molar-refractivity contribution in [3.63, 3.8) is 0 Å². The number of ketones is 1. The van der Waals surface area contributed by atoms with Crippen LogP contribution in [0.25, 0.3) is 0 Å². The molecule has 0 amide bonds. The number of nitrogens with one attached hydrogen (secondary N) is 1. The first kappa shape index (κ1) is 15.9. The Hall–Kier alpha value is -1.46. The molecule has 0 saturated carbocycles. The zero-order valence-corrected chi connectivity index (χ0v) is 13.9. The van der Waals surface area contributed by atoms with Crippen molar-refractivity contribution >= 4 is 39.6 Å². The highest BCUT2D eigenvalue weighted by Gasteiger charge is 2.19. The molecule has 3 nitrogen and oxygen atoms in total. The molecule has 0 fully saturated rings. The van der Waals surface area contributed by atoms with Crippen LogP contribution in [0.5, 0.6) is 0 Å². The van der Waals surface area contributed by atoms with Crippen LogP contribution in [-0.4, -0.2) is 18.6 Å². The zero-order chi connectivity index (χ0) is 15.2. The van der Waals surface area contributed by atoms with Crippen molar-refractivity contribution in [2.45, 2.75) is 24.7 Å². The Labute approximate surface area is 133 Å². The minimum absolute atomic E-state index is 0.115. The fraction of sp³-hybridized carbons (Fsp3) is 0.312. The smallest absolute Gasteiger partial charge is 0.174 e. The van der Waals surface area contributed by atoms with Crippen molar-refractivity contribution in [2.75, 3.05) is 23.9 Å². The van der Waals surface area contributed by atoms with E-state index in [-0.39, 0.29) is 5.78 Å². The van der Waals surface area contributed by atoms with E-state index in [2.05, 4.69) is 17.4 Å². The highest BCUT2D eigenvalue weighted by atomic mass is 32.2. The molecule has 1 aromatic carbocycles. The molecule has 0 spiro atoms. The maximum Gasteiger partial charge on any atom is 0.174 e. The number of carbonyl (C=O) groups is 1. The third kappa shape index (κ3) is 3.80. The van der Waals surface area contributed by atoms with Crippen LogP contribution in [0, 0.1) is 0 Å². The van der Waals surface area contributed by atoms with E-state index in [4.69, 9.17) is 5.73 Å². The summed E-state index contributed by atoms with van der Waals surface area (Å²) in [4.78, 5) is 13.6. The number of hydrogen-bond acceptors (Lipinski definition) is 5. The van der Waals surface area contributed by atoms with Gasteiger partial charge in [0.05, 0.1) is 15.5 Å². The van der Waals surface area contributed by atoms with Crippen LogP contribution in [-0.2, 0) is 6.42 Å². The third-order valence-electron chi connectivity index (χ3n) is 3.22. The SMILES string of the molecule is CCC(=O)c1sc(NCCc2ccccc2)c(SC)c1N. The van der Waals surface area contributed by atoms with Gasteiger partial charge in [0, 0.05) is 13.0 Å². The van der Waals surface area contributed by atoms with E-state index in [9.17, 15) is 4.79 Å². The third-order valence-corrected chi connectivity index (χ3v) is 5.39. The molecular weight excluding hydrogens is 300 g/mol. The maximum absolute atomic E-state index is 11.9. The van der Waals surface area contributed by atoms with E-state index in [1.807, 2.05) is 31.4 Å². The molecular formula is C16H20N2OS2. The summed E-state index contributed by atoms with van der Waals surface area (Å²) in [6, 6.07) is 10.3. The molecule has 3 N–H and O–H groups in total. The van der Waals surface area contributed by atoms with Crippen molar-refractivity contribution in [3.8, 4) is 0 Å². The number of Topliss-reactive ketones (excluding diaryl/α,β-unsaturated/α-hetero) is 1. The highest BCUT2D eigenvalue weighted by molar-refractivity contribution is 7.99. The Bertz CT molecular complexity index is 608. The normalized spacial score (nSPS) is 10.6. The Balaban J connectivity index is 2.07. The molecule has 0 radical (unpaired) electrons. The van der Waals surface area contributed by atoms with Crippen LogP contribution in [0.3, 0.4) is 0 Å². The van der Waals surface area contributed by atoms with Crippen molar-refractivity contribution in [3.05, 3.63) is 40.8 Å². The van der Waals surface area contributed by atoms with E-state index in [1.165, 1.54) is 16.9 Å². The van der Waals surface area contributed by atoms with Gasteiger partial charge in [0.15, 0.2) is 5.78 Å². The maximum atomic E-state index is 11.9. The molecule has 2 aromatic rings. The van der Waals surface area contributed by atoms with Crippen LogP contribution in [0.15, 0.2) is 35.2 Å². The first-order valence-corrected chi connectivity index (χ1v) is 8.98. The molecule has 0 aliphatic rings. The summed E-state index contributed by atoms with van der Waals surface area (Å²) in [6.07, 6.45) is 3.42. The van der Waals surface area contributed by atoms with E-state index in [1.54, 1.807) is 11.8 Å². The summed E-state index contributed by atoms with van der Waals surface area (Å²) in [5, 5.41) is 4.43. The minimum Gasteiger partial charge on any atom is -0.396 e. The van der Waals surface area contributed by atoms with Crippen LogP contribution in [0.2, 0.25) is 0 Å². The van der Waals surface area contributed by atoms with E-state index in [0.29, 0.717) is 17.0 Å². The molecule has 1 heterocycles. The number of thioether (sulfide) groups is 1. The highest BCUT2D eigenvalue weighted by Crippen LogP contribution is 2.42. The quantitative estimate of drug-likeness (QED) is 0.590. The standard InChI is InChI=1S/C16H20N2OS2/c1-3-12(19)14-13(17)15(20-2)16(21-14)18-10-9-11-7-5-4-6-8-11/h4-8,18H,3,9-10,17H2,1-2H3. The fourth-order valence-electron chi connectivity index (χ4n) is 2.08. The molecule has 2 rings (SSSR count). The molecule has 0 bridgehead atoms. The second kappa shape index (κ2) is 7.52. The van der Waals surface area contributed by atoms with Crippen molar-refractivity contribution in [2.24, 2.45) is 0 Å². The molecule has 0 saturated heterocycles. The monoisotopic (exact) mass is 320 g/mol. The predicted molar refractivity (Wildman–Crippen MR) is 93.8 cm³/mol. The number of nitrogen functional groups attached to an aromatic ring is 1. The summed E-state index contributed by atoms with van der Waals surface area (Å²) in [5.41, 5.74) is 8.03. The Morgan fingerprint density at radius 2 is 2.05 bits per heavy atom. The van der Waals surface area contributed by atoms with Gasteiger partial charge >= 0.3 is 0 Å². The van der Waals surface area contributed by atoms with Gasteiger partial charge in [-0.25, -0.2) is 0 Å². The van der Waals surface area contributed by atoms with Gasteiger partial charge in [-0.15, -0.1) is 23.1 Å². The van der Waals surface area contributed by atoms with Crippen molar-refractivity contribution in [1.82, 2.24) is 0 Å². The van der Waals surface area contributed by atoms with Crippen molar-refractivity contribution in [1.29, 1.82) is 0 Å². The van der Waals surface area contributed by atoms with Gasteiger partial charge in [-0.1, -0.05) is 37.3 Å². The van der Waals surface area contributed by atoms with E-state index >= 15 is 0 Å². The first-order chi connectivity index (χ1) is 10.2. The fourth-order valence-corrected chi connectivity index (χ4v) is 4.15. The number of carbonyl (C=O) groups excluding carboxylic acids is 1. The summed E-state index contributed by atoms with van der Waals surface area (Å²) in [7, 11) is 0. The number of anilines is 2. The van der Waals surface area contributed by atoms with Gasteiger partial charge in [-0.05, 0) is 18.2 Å². The number of benzene rings is 1. The van der Waals surface area contributed by atoms with Gasteiger partial charge in [-0.3, -0.25) is 4.79 Å². The average molecular weight is 320 g/mol. The lowest BCUT2D eigenvalue weighted by molar-refractivity contribution is 0.0992. The second-order valence-electron chi connectivity index (χ2n) is 4.65. The number of hydrogen-bond donors (Lipinski definition) is 2. The zero-order valence-electron chi connectivity index (χ0n) is 12.3. The lowest BCUT2D eigenvalue weighted by Gasteiger charge is -2.06. The van der Waals surface area contributed by atoms with Gasteiger partial charge in [0.2, 0.25) is 0 Å². The van der Waals surface area contributed by atoms with Crippen LogP contribution < -0.4 is 11.1 Å². The molecule has 0 unspecified atom stereocenters. The number of rotatable bonds is 7. The molecule has 21 heavy (non-hydrogen) atoms. The van der Waals surface area contributed by atoms with Crippen LogP contribution >= 0.6 is 23.1 Å². The molecule has 112 valence electrons. The largest absolute Gasteiger partial charge is 0.396 e. The second-order valence-corrected chi connectivity index (χ2v) is 6.48. The number of nitrogens with two attached hydrogens (primary N) is 1. The van der Waals surface area contributed by atoms with E-state index < -0.39 is 0 Å². The van der Waals surface area contributed by atoms with Gasteiger partial charge in [0.25, 0.3) is 0 Å².